The summed E-state index contributed by atoms with van der Waals surface area (Å²) in [5.74, 6) is 0. The summed E-state index contributed by atoms with van der Waals surface area (Å²) in [5, 5.41) is 3.94. The minimum absolute atomic E-state index is 0.00287. The van der Waals surface area contributed by atoms with E-state index in [9.17, 15) is 8.42 Å². The Hall–Kier alpha value is -0.950. The Labute approximate surface area is 108 Å². The SMILES string of the molecule is O=S(=O)(NCc1ccsc1)c1cnccc1Cl. The maximum absolute atomic E-state index is 11.9. The molecular weight excluding hydrogens is 280 g/mol. The standard InChI is InChI=1S/C10H9ClN2O2S2/c11-9-1-3-12-6-10(9)17(14,15)13-5-8-2-4-16-7-8/h1-4,6-7,13H,5H2. The third-order valence-electron chi connectivity index (χ3n) is 2.07. The van der Waals surface area contributed by atoms with Gasteiger partial charge < -0.3 is 0 Å². The summed E-state index contributed by atoms with van der Waals surface area (Å²) in [4.78, 5) is 3.75. The molecule has 0 unspecified atom stereocenters. The van der Waals surface area contributed by atoms with Crippen LogP contribution in [0.1, 0.15) is 5.56 Å². The molecule has 0 saturated carbocycles. The Morgan fingerprint density at radius 2 is 2.24 bits per heavy atom. The van der Waals surface area contributed by atoms with E-state index in [1.807, 2.05) is 16.8 Å². The minimum atomic E-state index is -3.61. The van der Waals surface area contributed by atoms with Crippen molar-refractivity contribution in [3.05, 3.63) is 45.9 Å². The number of pyridine rings is 1. The summed E-state index contributed by atoms with van der Waals surface area (Å²) < 4.78 is 26.3. The van der Waals surface area contributed by atoms with Gasteiger partial charge in [-0.25, -0.2) is 13.1 Å². The van der Waals surface area contributed by atoms with Crippen LogP contribution in [0.5, 0.6) is 0 Å². The lowest BCUT2D eigenvalue weighted by Gasteiger charge is -2.06. The van der Waals surface area contributed by atoms with Crippen LogP contribution in [0, 0.1) is 0 Å². The fourth-order valence-corrected chi connectivity index (χ4v) is 3.33. The second-order valence-electron chi connectivity index (χ2n) is 3.26. The van der Waals surface area contributed by atoms with E-state index in [0.29, 0.717) is 0 Å². The van der Waals surface area contributed by atoms with E-state index in [1.165, 1.54) is 29.8 Å². The van der Waals surface area contributed by atoms with Gasteiger partial charge in [0.15, 0.2) is 0 Å². The molecule has 0 spiro atoms. The van der Waals surface area contributed by atoms with Crippen LogP contribution in [-0.2, 0) is 16.6 Å². The molecule has 2 aromatic rings. The van der Waals surface area contributed by atoms with Crippen molar-refractivity contribution in [3.63, 3.8) is 0 Å². The number of nitrogens with zero attached hydrogens (tertiary/aromatic N) is 1. The van der Waals surface area contributed by atoms with Gasteiger partial charge in [-0.1, -0.05) is 11.6 Å². The predicted molar refractivity (Wildman–Crippen MR) is 67.6 cm³/mol. The van der Waals surface area contributed by atoms with Crippen LogP contribution in [0.4, 0.5) is 0 Å². The summed E-state index contributed by atoms with van der Waals surface area (Å²) in [6.07, 6.45) is 2.68. The zero-order valence-corrected chi connectivity index (χ0v) is 11.0. The van der Waals surface area contributed by atoms with Gasteiger partial charge in [-0.15, -0.1) is 0 Å². The average molecular weight is 289 g/mol. The van der Waals surface area contributed by atoms with Crippen molar-refractivity contribution in [1.82, 2.24) is 9.71 Å². The van der Waals surface area contributed by atoms with Crippen LogP contribution >= 0.6 is 22.9 Å². The Bertz CT molecular complexity index is 597. The number of hydrogen-bond acceptors (Lipinski definition) is 4. The molecule has 0 aliphatic rings. The third-order valence-corrected chi connectivity index (χ3v) is 4.67. The van der Waals surface area contributed by atoms with Crippen molar-refractivity contribution in [2.45, 2.75) is 11.4 Å². The molecule has 0 fully saturated rings. The molecule has 0 amide bonds. The van der Waals surface area contributed by atoms with Crippen molar-refractivity contribution in [3.8, 4) is 0 Å². The lowest BCUT2D eigenvalue weighted by atomic mass is 10.4. The molecule has 0 aromatic carbocycles. The lowest BCUT2D eigenvalue weighted by Crippen LogP contribution is -2.23. The lowest BCUT2D eigenvalue weighted by molar-refractivity contribution is 0.581. The van der Waals surface area contributed by atoms with E-state index in [2.05, 4.69) is 9.71 Å². The van der Waals surface area contributed by atoms with Gasteiger partial charge in [0.2, 0.25) is 10.0 Å². The number of sulfonamides is 1. The minimum Gasteiger partial charge on any atom is -0.263 e. The zero-order chi connectivity index (χ0) is 12.3. The van der Waals surface area contributed by atoms with Crippen molar-refractivity contribution in [2.75, 3.05) is 0 Å². The van der Waals surface area contributed by atoms with Gasteiger partial charge in [-0.05, 0) is 28.5 Å². The first-order chi connectivity index (χ1) is 8.09. The zero-order valence-electron chi connectivity index (χ0n) is 8.63. The Kier molecular flexibility index (Phi) is 3.78. The molecule has 90 valence electrons. The first kappa shape index (κ1) is 12.5. The van der Waals surface area contributed by atoms with E-state index in [1.54, 1.807) is 0 Å². The number of rotatable bonds is 4. The molecule has 0 radical (unpaired) electrons. The van der Waals surface area contributed by atoms with Gasteiger partial charge in [0.05, 0.1) is 5.02 Å². The van der Waals surface area contributed by atoms with Gasteiger partial charge in [-0.2, -0.15) is 11.3 Å². The fourth-order valence-electron chi connectivity index (χ4n) is 1.21. The molecule has 0 aliphatic carbocycles. The molecule has 17 heavy (non-hydrogen) atoms. The number of nitrogens with one attached hydrogen (secondary N) is 1. The molecule has 1 N–H and O–H groups in total. The Balaban J connectivity index is 2.17. The predicted octanol–water partition coefficient (Wildman–Crippen LogP) is 2.28. The highest BCUT2D eigenvalue weighted by Gasteiger charge is 2.17. The van der Waals surface area contributed by atoms with Crippen molar-refractivity contribution in [2.24, 2.45) is 0 Å². The second kappa shape index (κ2) is 5.14. The van der Waals surface area contributed by atoms with E-state index in [0.717, 1.165) is 5.56 Å². The molecule has 2 aromatic heterocycles. The van der Waals surface area contributed by atoms with E-state index in [4.69, 9.17) is 11.6 Å². The van der Waals surface area contributed by atoms with Gasteiger partial charge in [0, 0.05) is 18.9 Å². The summed E-state index contributed by atoms with van der Waals surface area (Å²) in [7, 11) is -3.61. The number of hydrogen-bond donors (Lipinski definition) is 1. The number of thiophene rings is 1. The monoisotopic (exact) mass is 288 g/mol. The first-order valence-electron chi connectivity index (χ1n) is 4.70. The molecule has 0 bridgehead atoms. The highest BCUT2D eigenvalue weighted by molar-refractivity contribution is 7.89. The van der Waals surface area contributed by atoms with E-state index in [-0.39, 0.29) is 16.5 Å². The quantitative estimate of drug-likeness (QED) is 0.939. The highest BCUT2D eigenvalue weighted by Crippen LogP contribution is 2.19. The van der Waals surface area contributed by atoms with Crippen LogP contribution in [-0.4, -0.2) is 13.4 Å². The fraction of sp³-hybridized carbons (Fsp3) is 0.100. The van der Waals surface area contributed by atoms with Crippen LogP contribution in [0.25, 0.3) is 0 Å². The molecule has 2 rings (SSSR count). The Morgan fingerprint density at radius 1 is 1.41 bits per heavy atom. The first-order valence-corrected chi connectivity index (χ1v) is 7.50. The third kappa shape index (κ3) is 3.04. The van der Waals surface area contributed by atoms with Crippen molar-refractivity contribution < 1.29 is 8.42 Å². The van der Waals surface area contributed by atoms with Gasteiger partial charge >= 0.3 is 0 Å². The van der Waals surface area contributed by atoms with Crippen LogP contribution in [0.3, 0.4) is 0 Å². The van der Waals surface area contributed by atoms with Gasteiger partial charge in [0.1, 0.15) is 4.90 Å². The molecular formula is C10H9ClN2O2S2. The van der Waals surface area contributed by atoms with Crippen LogP contribution in [0.15, 0.2) is 40.2 Å². The van der Waals surface area contributed by atoms with E-state index < -0.39 is 10.0 Å². The number of halogens is 1. The summed E-state index contributed by atoms with van der Waals surface area (Å²) in [6.45, 7) is 0.247. The summed E-state index contributed by atoms with van der Waals surface area (Å²) >= 11 is 7.33. The molecule has 0 saturated heterocycles. The summed E-state index contributed by atoms with van der Waals surface area (Å²) in [6, 6.07) is 3.30. The highest BCUT2D eigenvalue weighted by atomic mass is 35.5. The van der Waals surface area contributed by atoms with Gasteiger partial charge in [0.25, 0.3) is 0 Å². The van der Waals surface area contributed by atoms with Crippen LogP contribution < -0.4 is 4.72 Å². The molecule has 0 atom stereocenters. The smallest absolute Gasteiger partial charge is 0.243 e. The molecule has 0 aliphatic heterocycles. The summed E-state index contributed by atoms with van der Waals surface area (Å²) in [5.41, 5.74) is 0.915. The van der Waals surface area contributed by atoms with Crippen LogP contribution in [0.2, 0.25) is 5.02 Å². The molecule has 4 nitrogen and oxygen atoms in total. The largest absolute Gasteiger partial charge is 0.263 e. The maximum atomic E-state index is 11.9. The van der Waals surface area contributed by atoms with Gasteiger partial charge in [-0.3, -0.25) is 4.98 Å². The van der Waals surface area contributed by atoms with Crippen molar-refractivity contribution in [1.29, 1.82) is 0 Å². The number of aromatic nitrogens is 1. The Morgan fingerprint density at radius 3 is 2.88 bits per heavy atom. The van der Waals surface area contributed by atoms with Crippen molar-refractivity contribution >= 4 is 33.0 Å². The average Bonchev–Trinajstić information content (AvgIpc) is 2.80. The normalized spacial score (nSPS) is 11.6. The topological polar surface area (TPSA) is 59.1 Å². The molecule has 2 heterocycles. The second-order valence-corrected chi connectivity index (χ2v) is 6.18. The van der Waals surface area contributed by atoms with E-state index >= 15 is 0 Å². The maximum Gasteiger partial charge on any atom is 0.243 e. The molecule has 7 heteroatoms.